The molecule has 3 aromatic rings. The number of carbonyl (C=O) groups is 1. The molecular formula is C17H13F2N3O2. The smallest absolute Gasteiger partial charge is 0.325 e. The van der Waals surface area contributed by atoms with Crippen LogP contribution in [-0.4, -0.2) is 27.1 Å². The van der Waals surface area contributed by atoms with E-state index in [1.165, 1.54) is 19.2 Å². The molecule has 0 aliphatic heterocycles. The van der Waals surface area contributed by atoms with Gasteiger partial charge in [0.15, 0.2) is 0 Å². The molecule has 0 radical (unpaired) electrons. The topological polar surface area (TPSA) is 75.1 Å². The van der Waals surface area contributed by atoms with Gasteiger partial charge >= 0.3 is 5.97 Å². The van der Waals surface area contributed by atoms with Crippen molar-refractivity contribution in [3.05, 3.63) is 54.5 Å². The van der Waals surface area contributed by atoms with Crippen molar-refractivity contribution in [2.75, 3.05) is 5.32 Å². The Hall–Kier alpha value is -3.09. The quantitative estimate of drug-likeness (QED) is 0.767. The number of carboxylic acid groups (broad SMARTS) is 1. The first-order valence-electron chi connectivity index (χ1n) is 7.15. The fraction of sp³-hybridized carbons (Fsp3) is 0.118. The number of nitrogens with zero attached hydrogens (tertiary/aromatic N) is 2. The van der Waals surface area contributed by atoms with Crippen molar-refractivity contribution in [2.45, 2.75) is 13.0 Å². The van der Waals surface area contributed by atoms with Gasteiger partial charge in [-0.15, -0.1) is 0 Å². The molecule has 0 amide bonds. The second-order valence-electron chi connectivity index (χ2n) is 5.28. The van der Waals surface area contributed by atoms with E-state index in [-0.39, 0.29) is 16.6 Å². The molecule has 122 valence electrons. The average Bonchev–Trinajstić information content (AvgIpc) is 2.55. The van der Waals surface area contributed by atoms with Crippen molar-refractivity contribution < 1.29 is 18.7 Å². The summed E-state index contributed by atoms with van der Waals surface area (Å²) in [5.74, 6) is -2.61. The molecule has 0 saturated heterocycles. The molecule has 1 atom stereocenters. The van der Waals surface area contributed by atoms with Crippen molar-refractivity contribution in [1.29, 1.82) is 0 Å². The summed E-state index contributed by atoms with van der Waals surface area (Å²) in [6, 6.07) is 4.41. The van der Waals surface area contributed by atoms with Crippen LogP contribution in [0.25, 0.3) is 21.9 Å². The predicted octanol–water partition coefficient (Wildman–Crippen LogP) is 3.46. The van der Waals surface area contributed by atoms with Gasteiger partial charge in [0.25, 0.3) is 0 Å². The van der Waals surface area contributed by atoms with E-state index in [9.17, 15) is 13.6 Å². The lowest BCUT2D eigenvalue weighted by Gasteiger charge is -2.15. The third-order valence-electron chi connectivity index (χ3n) is 3.60. The summed E-state index contributed by atoms with van der Waals surface area (Å²) in [5, 5.41) is 12.0. The molecule has 0 spiro atoms. The standard InChI is InChI=1S/C17H13F2N3O2/c1-9(17(23)24)22-16-15-12(5-11(18)6-14(15)19)13(8-21-16)10-3-2-4-20-7-10/h2-9H,1H3,(H,21,22)(H,23,24). The lowest BCUT2D eigenvalue weighted by Crippen LogP contribution is -2.26. The van der Waals surface area contributed by atoms with Crippen molar-refractivity contribution in [1.82, 2.24) is 9.97 Å². The van der Waals surface area contributed by atoms with Gasteiger partial charge in [0.05, 0.1) is 5.39 Å². The molecule has 0 fully saturated rings. The molecule has 2 heterocycles. The predicted molar refractivity (Wildman–Crippen MR) is 85.6 cm³/mol. The monoisotopic (exact) mass is 329 g/mol. The van der Waals surface area contributed by atoms with Gasteiger partial charge in [-0.2, -0.15) is 0 Å². The Balaban J connectivity index is 2.25. The third-order valence-corrected chi connectivity index (χ3v) is 3.60. The van der Waals surface area contributed by atoms with Gasteiger partial charge in [-0.25, -0.2) is 13.8 Å². The Labute approximate surface area is 136 Å². The van der Waals surface area contributed by atoms with E-state index in [0.717, 1.165) is 6.07 Å². The fourth-order valence-electron chi connectivity index (χ4n) is 2.42. The van der Waals surface area contributed by atoms with Crippen LogP contribution in [0.4, 0.5) is 14.6 Å². The van der Waals surface area contributed by atoms with Crippen molar-refractivity contribution in [2.24, 2.45) is 0 Å². The van der Waals surface area contributed by atoms with Crippen LogP contribution in [0.1, 0.15) is 6.92 Å². The maximum Gasteiger partial charge on any atom is 0.325 e. The molecule has 1 unspecified atom stereocenters. The summed E-state index contributed by atoms with van der Waals surface area (Å²) in [6.07, 6.45) is 4.59. The number of hydrogen-bond donors (Lipinski definition) is 2. The first-order chi connectivity index (χ1) is 11.5. The van der Waals surface area contributed by atoms with Crippen LogP contribution in [0.15, 0.2) is 42.9 Å². The zero-order valence-corrected chi connectivity index (χ0v) is 12.6. The second-order valence-corrected chi connectivity index (χ2v) is 5.28. The molecule has 0 aliphatic carbocycles. The summed E-state index contributed by atoms with van der Waals surface area (Å²) in [7, 11) is 0. The second kappa shape index (κ2) is 6.19. The van der Waals surface area contributed by atoms with Crippen molar-refractivity contribution in [3.63, 3.8) is 0 Å². The van der Waals surface area contributed by atoms with Crippen LogP contribution in [0.5, 0.6) is 0 Å². The minimum absolute atomic E-state index is 0.0332. The normalized spacial score (nSPS) is 12.1. The Morgan fingerprint density at radius 3 is 2.75 bits per heavy atom. The minimum Gasteiger partial charge on any atom is -0.480 e. The number of benzene rings is 1. The largest absolute Gasteiger partial charge is 0.480 e. The van der Waals surface area contributed by atoms with E-state index in [4.69, 9.17) is 5.11 Å². The molecule has 2 aromatic heterocycles. The number of nitrogens with one attached hydrogen (secondary N) is 1. The number of aromatic nitrogens is 2. The number of carboxylic acids is 1. The van der Waals surface area contributed by atoms with Crippen LogP contribution in [0.3, 0.4) is 0 Å². The Morgan fingerprint density at radius 2 is 2.08 bits per heavy atom. The Kier molecular flexibility index (Phi) is 4.07. The zero-order valence-electron chi connectivity index (χ0n) is 12.6. The molecule has 7 heteroatoms. The van der Waals surface area contributed by atoms with Crippen molar-refractivity contribution >= 4 is 22.6 Å². The molecule has 0 saturated carbocycles. The van der Waals surface area contributed by atoms with Gasteiger partial charge in [-0.3, -0.25) is 9.78 Å². The summed E-state index contributed by atoms with van der Waals surface area (Å²) in [6.45, 7) is 1.41. The highest BCUT2D eigenvalue weighted by atomic mass is 19.1. The van der Waals surface area contributed by atoms with Gasteiger partial charge < -0.3 is 10.4 Å². The molecule has 1 aromatic carbocycles. The molecule has 2 N–H and O–H groups in total. The Bertz CT molecular complexity index is 917. The van der Waals surface area contributed by atoms with E-state index in [1.807, 2.05) is 0 Å². The van der Waals surface area contributed by atoms with Crippen LogP contribution in [0.2, 0.25) is 0 Å². The van der Waals surface area contributed by atoms with E-state index in [2.05, 4.69) is 15.3 Å². The third kappa shape index (κ3) is 2.88. The van der Waals surface area contributed by atoms with E-state index in [1.54, 1.807) is 24.5 Å². The highest BCUT2D eigenvalue weighted by molar-refractivity contribution is 6.02. The maximum absolute atomic E-state index is 14.4. The van der Waals surface area contributed by atoms with Crippen molar-refractivity contribution in [3.8, 4) is 11.1 Å². The number of pyridine rings is 2. The fourth-order valence-corrected chi connectivity index (χ4v) is 2.42. The summed E-state index contributed by atoms with van der Waals surface area (Å²) in [4.78, 5) is 19.1. The number of rotatable bonds is 4. The zero-order chi connectivity index (χ0) is 17.3. The molecule has 24 heavy (non-hydrogen) atoms. The maximum atomic E-state index is 14.4. The first-order valence-corrected chi connectivity index (χ1v) is 7.15. The first kappa shape index (κ1) is 15.8. The van der Waals surface area contributed by atoms with Gasteiger partial charge in [-0.05, 0) is 19.1 Å². The summed E-state index contributed by atoms with van der Waals surface area (Å²) < 4.78 is 28.1. The highest BCUT2D eigenvalue weighted by Gasteiger charge is 2.18. The lowest BCUT2D eigenvalue weighted by atomic mass is 10.0. The molecular weight excluding hydrogens is 316 g/mol. The van der Waals surface area contributed by atoms with Crippen LogP contribution in [-0.2, 0) is 4.79 Å². The van der Waals surface area contributed by atoms with E-state index < -0.39 is 23.6 Å². The van der Waals surface area contributed by atoms with Crippen LogP contribution in [0, 0.1) is 11.6 Å². The number of hydrogen-bond acceptors (Lipinski definition) is 4. The minimum atomic E-state index is -1.11. The number of halogens is 2. The lowest BCUT2D eigenvalue weighted by molar-refractivity contribution is -0.137. The summed E-state index contributed by atoms with van der Waals surface area (Å²) in [5.41, 5.74) is 1.16. The number of fused-ring (bicyclic) bond motifs is 1. The van der Waals surface area contributed by atoms with E-state index >= 15 is 0 Å². The Morgan fingerprint density at radius 1 is 1.29 bits per heavy atom. The van der Waals surface area contributed by atoms with E-state index in [0.29, 0.717) is 11.1 Å². The van der Waals surface area contributed by atoms with Gasteiger partial charge in [0.1, 0.15) is 23.5 Å². The van der Waals surface area contributed by atoms with Crippen LogP contribution >= 0.6 is 0 Å². The summed E-state index contributed by atoms with van der Waals surface area (Å²) >= 11 is 0. The molecule has 3 rings (SSSR count). The SMILES string of the molecule is CC(Nc1ncc(-c2cccnc2)c2cc(F)cc(F)c12)C(=O)O. The molecule has 0 bridgehead atoms. The molecule has 5 nitrogen and oxygen atoms in total. The highest BCUT2D eigenvalue weighted by Crippen LogP contribution is 2.33. The van der Waals surface area contributed by atoms with Gasteiger partial charge in [0, 0.05) is 41.2 Å². The van der Waals surface area contributed by atoms with Gasteiger partial charge in [-0.1, -0.05) is 6.07 Å². The molecule has 0 aliphatic rings. The van der Waals surface area contributed by atoms with Crippen LogP contribution < -0.4 is 5.32 Å². The average molecular weight is 329 g/mol. The van der Waals surface area contributed by atoms with Gasteiger partial charge in [0.2, 0.25) is 0 Å². The number of aliphatic carboxylic acids is 1. The number of anilines is 1.